The molecule has 1 aliphatic heterocycles. The molecule has 1 fully saturated rings. The maximum atomic E-state index is 9.43. The molecule has 2 aliphatic rings. The minimum Gasteiger partial charge on any atom is -0.493 e. The first-order valence-electron chi connectivity index (χ1n) is 7.25. The average Bonchev–Trinajstić information content (AvgIpc) is 3.22. The fraction of sp³-hybridized carbons (Fsp3) is 0.375. The quantitative estimate of drug-likeness (QED) is 0.849. The van der Waals surface area contributed by atoms with E-state index in [1.165, 1.54) is 0 Å². The summed E-state index contributed by atoms with van der Waals surface area (Å²) in [5, 5.41) is 13.9. The number of hydrogen-bond donors (Lipinski definition) is 0. The monoisotopic (exact) mass is 281 g/mol. The zero-order valence-electron chi connectivity index (χ0n) is 11.6. The standard InChI is InChI=1S/C16H15N3O2/c17-9-11-3-1-4-13-15(11)16-14(21-12-5-6-12)10-18-19(16)7-2-8-20-13/h1,3-4,10,12H,2,5-8H2. The highest BCUT2D eigenvalue weighted by atomic mass is 16.5. The van der Waals surface area contributed by atoms with Gasteiger partial charge >= 0.3 is 0 Å². The number of nitriles is 1. The van der Waals surface area contributed by atoms with Crippen molar-refractivity contribution in [2.75, 3.05) is 6.61 Å². The highest BCUT2D eigenvalue weighted by molar-refractivity contribution is 5.78. The van der Waals surface area contributed by atoms with Gasteiger partial charge in [-0.25, -0.2) is 0 Å². The third kappa shape index (κ3) is 2.13. The lowest BCUT2D eigenvalue weighted by atomic mass is 10.0. The molecule has 5 heteroatoms. The molecular formula is C16H15N3O2. The first-order chi connectivity index (χ1) is 10.4. The number of nitrogens with zero attached hydrogens (tertiary/aromatic N) is 3. The molecule has 106 valence electrons. The van der Waals surface area contributed by atoms with Crippen molar-refractivity contribution in [3.63, 3.8) is 0 Å². The van der Waals surface area contributed by atoms with Crippen molar-refractivity contribution in [3.8, 4) is 28.8 Å². The van der Waals surface area contributed by atoms with E-state index in [4.69, 9.17) is 9.47 Å². The minimum absolute atomic E-state index is 0.294. The predicted octanol–water partition coefficient (Wildman–Crippen LogP) is 2.75. The summed E-state index contributed by atoms with van der Waals surface area (Å²) in [5.41, 5.74) is 2.26. The van der Waals surface area contributed by atoms with Crippen LogP contribution >= 0.6 is 0 Å². The molecule has 2 heterocycles. The zero-order chi connectivity index (χ0) is 14.2. The number of hydrogen-bond acceptors (Lipinski definition) is 4. The van der Waals surface area contributed by atoms with Crippen LogP contribution in [0, 0.1) is 11.3 Å². The van der Waals surface area contributed by atoms with E-state index in [9.17, 15) is 5.26 Å². The Morgan fingerprint density at radius 1 is 1.38 bits per heavy atom. The molecule has 5 nitrogen and oxygen atoms in total. The molecule has 0 atom stereocenters. The van der Waals surface area contributed by atoms with Gasteiger partial charge in [0.1, 0.15) is 11.4 Å². The maximum Gasteiger partial charge on any atom is 0.165 e. The van der Waals surface area contributed by atoms with E-state index in [1.807, 2.05) is 22.9 Å². The lowest BCUT2D eigenvalue weighted by molar-refractivity contribution is 0.290. The Labute approximate surface area is 122 Å². The summed E-state index contributed by atoms with van der Waals surface area (Å²) in [6.45, 7) is 1.39. The lowest BCUT2D eigenvalue weighted by Crippen LogP contribution is -2.12. The van der Waals surface area contributed by atoms with Crippen LogP contribution in [0.5, 0.6) is 11.5 Å². The molecule has 21 heavy (non-hydrogen) atoms. The van der Waals surface area contributed by atoms with Crippen LogP contribution < -0.4 is 9.47 Å². The van der Waals surface area contributed by atoms with Gasteiger partial charge in [0.25, 0.3) is 0 Å². The Morgan fingerprint density at radius 3 is 3.10 bits per heavy atom. The topological polar surface area (TPSA) is 60.1 Å². The molecule has 0 N–H and O–H groups in total. The summed E-state index contributed by atoms with van der Waals surface area (Å²) in [6, 6.07) is 7.81. The molecule has 0 spiro atoms. The second-order valence-corrected chi connectivity index (χ2v) is 5.39. The van der Waals surface area contributed by atoms with Crippen LogP contribution in [-0.4, -0.2) is 22.5 Å². The highest BCUT2D eigenvalue weighted by Crippen LogP contribution is 2.41. The normalized spacial score (nSPS) is 16.7. The summed E-state index contributed by atoms with van der Waals surface area (Å²) < 4.78 is 13.7. The summed E-state index contributed by atoms with van der Waals surface area (Å²) in [6.07, 6.45) is 5.12. The Hall–Kier alpha value is -2.48. The van der Waals surface area contributed by atoms with Gasteiger partial charge < -0.3 is 9.47 Å². The van der Waals surface area contributed by atoms with Crippen molar-refractivity contribution >= 4 is 0 Å². The van der Waals surface area contributed by atoms with Gasteiger partial charge in [-0.2, -0.15) is 10.4 Å². The summed E-state index contributed by atoms with van der Waals surface area (Å²) in [7, 11) is 0. The molecule has 2 aromatic rings. The van der Waals surface area contributed by atoms with Gasteiger partial charge in [0.15, 0.2) is 5.75 Å². The SMILES string of the molecule is N#Cc1cccc2c1-c1c(OC3CC3)cnn1CCCO2. The second kappa shape index (κ2) is 4.81. The Kier molecular flexibility index (Phi) is 2.81. The molecule has 1 aromatic heterocycles. The van der Waals surface area contributed by atoms with Crippen LogP contribution in [0.2, 0.25) is 0 Å². The Bertz CT molecular complexity index is 726. The largest absolute Gasteiger partial charge is 0.493 e. The molecule has 1 aromatic carbocycles. The van der Waals surface area contributed by atoms with Gasteiger partial charge in [0.05, 0.1) is 36.1 Å². The van der Waals surface area contributed by atoms with Crippen LogP contribution in [-0.2, 0) is 6.54 Å². The molecule has 0 saturated heterocycles. The van der Waals surface area contributed by atoms with E-state index < -0.39 is 0 Å². The van der Waals surface area contributed by atoms with Crippen LogP contribution in [0.25, 0.3) is 11.3 Å². The van der Waals surface area contributed by atoms with Gasteiger partial charge in [-0.3, -0.25) is 4.68 Å². The van der Waals surface area contributed by atoms with E-state index in [-0.39, 0.29) is 0 Å². The van der Waals surface area contributed by atoms with Crippen molar-refractivity contribution in [1.29, 1.82) is 5.26 Å². The van der Waals surface area contributed by atoms with E-state index in [2.05, 4.69) is 11.2 Å². The number of rotatable bonds is 2. The van der Waals surface area contributed by atoms with Crippen molar-refractivity contribution < 1.29 is 9.47 Å². The van der Waals surface area contributed by atoms with E-state index in [1.54, 1.807) is 6.20 Å². The van der Waals surface area contributed by atoms with E-state index in [0.29, 0.717) is 18.3 Å². The summed E-state index contributed by atoms with van der Waals surface area (Å²) >= 11 is 0. The summed E-state index contributed by atoms with van der Waals surface area (Å²) in [4.78, 5) is 0. The number of aromatic nitrogens is 2. The number of benzene rings is 1. The maximum absolute atomic E-state index is 9.43. The van der Waals surface area contributed by atoms with Gasteiger partial charge in [0.2, 0.25) is 0 Å². The average molecular weight is 281 g/mol. The minimum atomic E-state index is 0.294. The molecular weight excluding hydrogens is 266 g/mol. The van der Waals surface area contributed by atoms with Crippen LogP contribution in [0.1, 0.15) is 24.8 Å². The number of fused-ring (bicyclic) bond motifs is 3. The highest BCUT2D eigenvalue weighted by Gasteiger charge is 2.29. The Morgan fingerprint density at radius 2 is 2.29 bits per heavy atom. The fourth-order valence-corrected chi connectivity index (χ4v) is 2.63. The summed E-state index contributed by atoms with van der Waals surface area (Å²) in [5.74, 6) is 1.49. The van der Waals surface area contributed by atoms with Gasteiger partial charge in [-0.15, -0.1) is 0 Å². The van der Waals surface area contributed by atoms with Crippen molar-refractivity contribution in [2.45, 2.75) is 31.9 Å². The predicted molar refractivity (Wildman–Crippen MR) is 76.1 cm³/mol. The first kappa shape index (κ1) is 12.3. The fourth-order valence-electron chi connectivity index (χ4n) is 2.63. The molecule has 0 radical (unpaired) electrons. The van der Waals surface area contributed by atoms with Crippen molar-refractivity contribution in [2.24, 2.45) is 0 Å². The Balaban J connectivity index is 1.92. The molecule has 0 bridgehead atoms. The van der Waals surface area contributed by atoms with Crippen LogP contribution in [0.4, 0.5) is 0 Å². The third-order valence-corrected chi connectivity index (χ3v) is 3.78. The molecule has 1 saturated carbocycles. The first-order valence-corrected chi connectivity index (χ1v) is 7.25. The molecule has 4 rings (SSSR count). The number of ether oxygens (including phenoxy) is 2. The van der Waals surface area contributed by atoms with Gasteiger partial charge in [-0.05, 0) is 25.0 Å². The third-order valence-electron chi connectivity index (χ3n) is 3.78. The smallest absolute Gasteiger partial charge is 0.165 e. The molecule has 0 unspecified atom stereocenters. The van der Waals surface area contributed by atoms with Gasteiger partial charge in [-0.1, -0.05) is 6.07 Å². The zero-order valence-corrected chi connectivity index (χ0v) is 11.6. The van der Waals surface area contributed by atoms with Crippen molar-refractivity contribution in [3.05, 3.63) is 30.0 Å². The van der Waals surface area contributed by atoms with Crippen molar-refractivity contribution in [1.82, 2.24) is 9.78 Å². The van der Waals surface area contributed by atoms with Crippen LogP contribution in [0.15, 0.2) is 24.4 Å². The van der Waals surface area contributed by atoms with E-state index in [0.717, 1.165) is 48.6 Å². The van der Waals surface area contributed by atoms with Gasteiger partial charge in [0, 0.05) is 13.0 Å². The molecule has 1 aliphatic carbocycles. The van der Waals surface area contributed by atoms with E-state index >= 15 is 0 Å². The molecule has 0 amide bonds. The lowest BCUT2D eigenvalue weighted by Gasteiger charge is -2.19. The number of aryl methyl sites for hydroxylation is 1. The second-order valence-electron chi connectivity index (χ2n) is 5.39. The van der Waals surface area contributed by atoms with Crippen LogP contribution in [0.3, 0.4) is 0 Å².